The Hall–Kier alpha value is -0.930. The van der Waals surface area contributed by atoms with E-state index in [9.17, 15) is 4.39 Å². The van der Waals surface area contributed by atoms with Crippen molar-refractivity contribution in [2.75, 3.05) is 13.6 Å². The molecule has 3 heteroatoms. The van der Waals surface area contributed by atoms with Gasteiger partial charge in [-0.25, -0.2) is 4.39 Å². The minimum atomic E-state index is -0.193. The van der Waals surface area contributed by atoms with Gasteiger partial charge in [-0.15, -0.1) is 0 Å². The normalized spacial score (nSPS) is 14.6. The molecule has 0 bridgehead atoms. The Bertz CT molecular complexity index is 350. The number of likely N-dealkylation sites (N-methyl/N-ethyl adjacent to an activating group) is 1. The molecule has 0 aliphatic carbocycles. The molecule has 0 aliphatic heterocycles. The third kappa shape index (κ3) is 4.92. The van der Waals surface area contributed by atoms with E-state index in [1.54, 1.807) is 0 Å². The van der Waals surface area contributed by atoms with Crippen molar-refractivity contribution in [3.8, 4) is 0 Å². The van der Waals surface area contributed by atoms with Crippen LogP contribution >= 0.6 is 0 Å². The van der Waals surface area contributed by atoms with Crippen LogP contribution in [-0.4, -0.2) is 24.5 Å². The van der Waals surface area contributed by atoms with E-state index in [0.29, 0.717) is 0 Å². The maximum Gasteiger partial charge on any atom is 0.123 e. The number of unbranched alkanes of at least 4 members (excludes halogenated alkanes) is 2. The molecule has 19 heavy (non-hydrogen) atoms. The molecule has 0 amide bonds. The van der Waals surface area contributed by atoms with E-state index in [2.05, 4.69) is 25.8 Å². The SMILES string of the molecule is CCCCCN(C)C(c1ccc(F)cc1)C(N)CC. The average molecular weight is 266 g/mol. The lowest BCUT2D eigenvalue weighted by atomic mass is 9.96. The maximum absolute atomic E-state index is 13.0. The van der Waals surface area contributed by atoms with Gasteiger partial charge < -0.3 is 5.73 Å². The van der Waals surface area contributed by atoms with Crippen LogP contribution in [0, 0.1) is 5.82 Å². The Labute approximate surface area is 116 Å². The summed E-state index contributed by atoms with van der Waals surface area (Å²) < 4.78 is 13.0. The summed E-state index contributed by atoms with van der Waals surface area (Å²) in [5, 5.41) is 0. The number of benzene rings is 1. The van der Waals surface area contributed by atoms with Gasteiger partial charge in [0, 0.05) is 12.1 Å². The molecule has 0 aromatic heterocycles. The van der Waals surface area contributed by atoms with Crippen molar-refractivity contribution in [2.45, 2.75) is 51.6 Å². The molecule has 2 nitrogen and oxygen atoms in total. The molecule has 108 valence electrons. The van der Waals surface area contributed by atoms with Crippen LogP contribution in [0.4, 0.5) is 4.39 Å². The Kier molecular flexibility index (Phi) is 7.03. The summed E-state index contributed by atoms with van der Waals surface area (Å²) in [5.41, 5.74) is 7.36. The third-order valence-corrected chi connectivity index (χ3v) is 3.68. The quantitative estimate of drug-likeness (QED) is 0.726. The molecule has 0 saturated carbocycles. The van der Waals surface area contributed by atoms with Crippen LogP contribution < -0.4 is 5.73 Å². The number of nitrogens with two attached hydrogens (primary N) is 1. The zero-order valence-corrected chi connectivity index (χ0v) is 12.4. The fourth-order valence-corrected chi connectivity index (χ4v) is 2.46. The summed E-state index contributed by atoms with van der Waals surface area (Å²) >= 11 is 0. The molecule has 0 spiro atoms. The highest BCUT2D eigenvalue weighted by molar-refractivity contribution is 5.21. The summed E-state index contributed by atoms with van der Waals surface area (Å²) in [6, 6.07) is 6.99. The fraction of sp³-hybridized carbons (Fsp3) is 0.625. The third-order valence-electron chi connectivity index (χ3n) is 3.68. The second-order valence-electron chi connectivity index (χ2n) is 5.26. The Morgan fingerprint density at radius 2 is 1.79 bits per heavy atom. The van der Waals surface area contributed by atoms with Gasteiger partial charge in [0.2, 0.25) is 0 Å². The smallest absolute Gasteiger partial charge is 0.123 e. The van der Waals surface area contributed by atoms with Gasteiger partial charge in [-0.1, -0.05) is 38.8 Å². The lowest BCUT2D eigenvalue weighted by molar-refractivity contribution is 0.206. The molecule has 0 aliphatic rings. The van der Waals surface area contributed by atoms with E-state index in [4.69, 9.17) is 5.73 Å². The highest BCUT2D eigenvalue weighted by atomic mass is 19.1. The van der Waals surface area contributed by atoms with Crippen LogP contribution in [0.3, 0.4) is 0 Å². The molecular weight excluding hydrogens is 239 g/mol. The molecule has 0 saturated heterocycles. The van der Waals surface area contributed by atoms with Gasteiger partial charge in [-0.05, 0) is 44.1 Å². The van der Waals surface area contributed by atoms with E-state index in [-0.39, 0.29) is 17.9 Å². The average Bonchev–Trinajstić information content (AvgIpc) is 2.41. The summed E-state index contributed by atoms with van der Waals surface area (Å²) in [6.07, 6.45) is 4.55. The zero-order chi connectivity index (χ0) is 14.3. The number of nitrogens with zero attached hydrogens (tertiary/aromatic N) is 1. The lowest BCUT2D eigenvalue weighted by Crippen LogP contribution is -2.39. The summed E-state index contributed by atoms with van der Waals surface area (Å²) in [7, 11) is 2.11. The molecule has 2 atom stereocenters. The first kappa shape index (κ1) is 16.1. The Morgan fingerprint density at radius 3 is 2.32 bits per heavy atom. The summed E-state index contributed by atoms with van der Waals surface area (Å²) in [6.45, 7) is 5.33. The van der Waals surface area contributed by atoms with Crippen LogP contribution in [0.25, 0.3) is 0 Å². The Morgan fingerprint density at radius 1 is 1.16 bits per heavy atom. The topological polar surface area (TPSA) is 29.3 Å². The zero-order valence-electron chi connectivity index (χ0n) is 12.4. The molecule has 1 rings (SSSR count). The van der Waals surface area contributed by atoms with E-state index in [0.717, 1.165) is 18.5 Å². The summed E-state index contributed by atoms with van der Waals surface area (Å²) in [4.78, 5) is 2.30. The van der Waals surface area contributed by atoms with Gasteiger partial charge in [-0.2, -0.15) is 0 Å². The summed E-state index contributed by atoms with van der Waals surface area (Å²) in [5.74, 6) is -0.193. The van der Waals surface area contributed by atoms with Crippen molar-refractivity contribution in [1.82, 2.24) is 4.90 Å². The highest BCUT2D eigenvalue weighted by Crippen LogP contribution is 2.24. The minimum Gasteiger partial charge on any atom is -0.326 e. The molecular formula is C16H27FN2. The lowest BCUT2D eigenvalue weighted by Gasteiger charge is -2.33. The van der Waals surface area contributed by atoms with Gasteiger partial charge in [-0.3, -0.25) is 4.90 Å². The predicted molar refractivity (Wildman–Crippen MR) is 79.6 cm³/mol. The number of hydrogen-bond acceptors (Lipinski definition) is 2. The van der Waals surface area contributed by atoms with Crippen LogP contribution in [0.1, 0.15) is 51.1 Å². The fourth-order valence-electron chi connectivity index (χ4n) is 2.46. The maximum atomic E-state index is 13.0. The van der Waals surface area contributed by atoms with Gasteiger partial charge in [0.05, 0.1) is 0 Å². The number of rotatable bonds is 8. The van der Waals surface area contributed by atoms with Crippen molar-refractivity contribution < 1.29 is 4.39 Å². The van der Waals surface area contributed by atoms with Crippen molar-refractivity contribution in [3.63, 3.8) is 0 Å². The van der Waals surface area contributed by atoms with Crippen LogP contribution in [-0.2, 0) is 0 Å². The first-order valence-corrected chi connectivity index (χ1v) is 7.31. The van der Waals surface area contributed by atoms with E-state index >= 15 is 0 Å². The number of halogens is 1. The standard InChI is InChI=1S/C16H27FN2/c1-4-6-7-12-19(3)16(15(18)5-2)13-8-10-14(17)11-9-13/h8-11,15-16H,4-7,12,18H2,1-3H3. The molecule has 2 unspecified atom stereocenters. The van der Waals surface area contributed by atoms with Gasteiger partial charge in [0.15, 0.2) is 0 Å². The second-order valence-corrected chi connectivity index (χ2v) is 5.26. The van der Waals surface area contributed by atoms with Crippen LogP contribution in [0.15, 0.2) is 24.3 Å². The first-order chi connectivity index (χ1) is 9.10. The number of hydrogen-bond donors (Lipinski definition) is 1. The van der Waals surface area contributed by atoms with Crippen LogP contribution in [0.5, 0.6) is 0 Å². The van der Waals surface area contributed by atoms with E-state index < -0.39 is 0 Å². The molecule has 2 N–H and O–H groups in total. The molecule has 0 fully saturated rings. The van der Waals surface area contributed by atoms with E-state index in [1.165, 1.54) is 31.4 Å². The van der Waals surface area contributed by atoms with Crippen LogP contribution in [0.2, 0.25) is 0 Å². The Balaban J connectivity index is 2.79. The second kappa shape index (κ2) is 8.28. The predicted octanol–water partition coefficient (Wildman–Crippen LogP) is 3.73. The van der Waals surface area contributed by atoms with Gasteiger partial charge in [0.25, 0.3) is 0 Å². The van der Waals surface area contributed by atoms with E-state index in [1.807, 2.05) is 12.1 Å². The van der Waals surface area contributed by atoms with Crippen molar-refractivity contribution in [2.24, 2.45) is 5.73 Å². The largest absolute Gasteiger partial charge is 0.326 e. The first-order valence-electron chi connectivity index (χ1n) is 7.31. The van der Waals surface area contributed by atoms with Gasteiger partial charge >= 0.3 is 0 Å². The molecule has 1 aromatic carbocycles. The monoisotopic (exact) mass is 266 g/mol. The highest BCUT2D eigenvalue weighted by Gasteiger charge is 2.22. The molecule has 0 heterocycles. The van der Waals surface area contributed by atoms with Crippen molar-refractivity contribution in [3.05, 3.63) is 35.6 Å². The molecule has 1 aromatic rings. The van der Waals surface area contributed by atoms with Gasteiger partial charge in [0.1, 0.15) is 5.82 Å². The van der Waals surface area contributed by atoms with Crippen molar-refractivity contribution >= 4 is 0 Å². The molecule has 0 radical (unpaired) electrons. The minimum absolute atomic E-state index is 0.0806. The van der Waals surface area contributed by atoms with Crippen molar-refractivity contribution in [1.29, 1.82) is 0 Å².